The highest BCUT2D eigenvalue weighted by Crippen LogP contribution is 2.19. The van der Waals surface area contributed by atoms with Gasteiger partial charge in [0.25, 0.3) is 0 Å². The number of anilines is 1. The average Bonchev–Trinajstić information content (AvgIpc) is 2.32. The predicted octanol–water partition coefficient (Wildman–Crippen LogP) is 4.48. The van der Waals surface area contributed by atoms with Gasteiger partial charge in [0.1, 0.15) is 17.5 Å². The minimum absolute atomic E-state index is 0.180. The van der Waals surface area contributed by atoms with Crippen LogP contribution < -0.4 is 5.32 Å². The molecule has 0 atom stereocenters. The van der Waals surface area contributed by atoms with Gasteiger partial charge in [-0.2, -0.15) is 0 Å². The second-order valence-corrected chi connectivity index (χ2v) is 4.58. The lowest BCUT2D eigenvalue weighted by Crippen LogP contribution is -2.02. The third-order valence-corrected chi connectivity index (χ3v) is 3.04. The zero-order valence-corrected chi connectivity index (χ0v) is 10.8. The second-order valence-electron chi connectivity index (χ2n) is 3.73. The van der Waals surface area contributed by atoms with Gasteiger partial charge >= 0.3 is 0 Å². The van der Waals surface area contributed by atoms with E-state index in [9.17, 15) is 13.2 Å². The Morgan fingerprint density at radius 2 is 1.72 bits per heavy atom. The largest absolute Gasteiger partial charge is 0.379 e. The lowest BCUT2D eigenvalue weighted by atomic mass is 10.2. The van der Waals surface area contributed by atoms with Crippen LogP contribution in [0.15, 0.2) is 40.9 Å². The fraction of sp³-hybridized carbons (Fsp3) is 0.0769. The van der Waals surface area contributed by atoms with Gasteiger partial charge in [-0.1, -0.05) is 6.07 Å². The first kappa shape index (κ1) is 13.0. The monoisotopic (exact) mass is 315 g/mol. The summed E-state index contributed by atoms with van der Waals surface area (Å²) in [6, 6.07) is 7.89. The van der Waals surface area contributed by atoms with Gasteiger partial charge in [-0.05, 0) is 45.8 Å². The third-order valence-electron chi connectivity index (χ3n) is 2.40. The summed E-state index contributed by atoms with van der Waals surface area (Å²) >= 11 is 3.05. The first-order valence-corrected chi connectivity index (χ1v) is 5.98. The average molecular weight is 316 g/mol. The van der Waals surface area contributed by atoms with Crippen molar-refractivity contribution in [3.8, 4) is 0 Å². The summed E-state index contributed by atoms with van der Waals surface area (Å²) in [4.78, 5) is 0. The highest BCUT2D eigenvalue weighted by molar-refractivity contribution is 9.10. The van der Waals surface area contributed by atoms with Gasteiger partial charge in [-0.3, -0.25) is 0 Å². The van der Waals surface area contributed by atoms with Crippen LogP contribution in [0.3, 0.4) is 0 Å². The molecule has 0 aliphatic rings. The first-order chi connectivity index (χ1) is 8.56. The van der Waals surface area contributed by atoms with Crippen molar-refractivity contribution in [2.24, 2.45) is 0 Å². The molecule has 0 heterocycles. The Labute approximate surface area is 111 Å². The fourth-order valence-corrected chi connectivity index (χ4v) is 1.73. The molecule has 0 spiro atoms. The molecule has 5 heteroatoms. The first-order valence-electron chi connectivity index (χ1n) is 5.19. The van der Waals surface area contributed by atoms with Crippen LogP contribution in [0.1, 0.15) is 5.56 Å². The van der Waals surface area contributed by atoms with E-state index in [1.54, 1.807) is 12.1 Å². The SMILES string of the molecule is Fc1ccc(NCc2ccc(Br)c(F)c2)c(F)c1. The molecule has 0 amide bonds. The van der Waals surface area contributed by atoms with Crippen molar-refractivity contribution in [2.75, 3.05) is 5.32 Å². The Balaban J connectivity index is 2.09. The van der Waals surface area contributed by atoms with Crippen LogP contribution >= 0.6 is 15.9 Å². The summed E-state index contributed by atoms with van der Waals surface area (Å²) < 4.78 is 39.6. The van der Waals surface area contributed by atoms with Crippen molar-refractivity contribution in [3.05, 3.63) is 63.9 Å². The standard InChI is InChI=1S/C13H9BrF3N/c14-10-3-1-8(5-11(10)16)7-18-13-4-2-9(15)6-12(13)17/h1-6,18H,7H2. The molecule has 0 saturated carbocycles. The second kappa shape index (κ2) is 5.44. The number of halogens is 4. The zero-order valence-electron chi connectivity index (χ0n) is 9.18. The van der Waals surface area contributed by atoms with Crippen molar-refractivity contribution in [1.82, 2.24) is 0 Å². The van der Waals surface area contributed by atoms with Crippen LogP contribution in [0.5, 0.6) is 0 Å². The molecular formula is C13H9BrF3N. The normalized spacial score (nSPS) is 10.4. The van der Waals surface area contributed by atoms with Crippen molar-refractivity contribution in [1.29, 1.82) is 0 Å². The van der Waals surface area contributed by atoms with Crippen LogP contribution in [0.25, 0.3) is 0 Å². The maximum atomic E-state index is 13.3. The van der Waals surface area contributed by atoms with E-state index in [4.69, 9.17) is 0 Å². The smallest absolute Gasteiger partial charge is 0.149 e. The zero-order chi connectivity index (χ0) is 13.1. The van der Waals surface area contributed by atoms with Gasteiger partial charge in [0.15, 0.2) is 0 Å². The topological polar surface area (TPSA) is 12.0 Å². The van der Waals surface area contributed by atoms with Gasteiger partial charge in [0.2, 0.25) is 0 Å². The molecule has 0 aromatic heterocycles. The molecule has 94 valence electrons. The number of nitrogens with one attached hydrogen (secondary N) is 1. The summed E-state index contributed by atoms with van der Waals surface area (Å²) in [6.45, 7) is 0.257. The van der Waals surface area contributed by atoms with Gasteiger partial charge in [0, 0.05) is 12.6 Å². The molecule has 0 aliphatic heterocycles. The lowest BCUT2D eigenvalue weighted by molar-refractivity contribution is 0.585. The number of rotatable bonds is 3. The van der Waals surface area contributed by atoms with Crippen molar-refractivity contribution < 1.29 is 13.2 Å². The van der Waals surface area contributed by atoms with Gasteiger partial charge in [-0.15, -0.1) is 0 Å². The molecule has 2 aromatic rings. The minimum atomic E-state index is -0.674. The van der Waals surface area contributed by atoms with E-state index in [2.05, 4.69) is 21.2 Å². The molecule has 2 aromatic carbocycles. The Morgan fingerprint density at radius 3 is 2.39 bits per heavy atom. The van der Waals surface area contributed by atoms with Crippen LogP contribution in [0.2, 0.25) is 0 Å². The molecule has 0 aliphatic carbocycles. The highest BCUT2D eigenvalue weighted by Gasteiger charge is 2.04. The summed E-state index contributed by atoms with van der Waals surface area (Å²) in [5, 5.41) is 2.78. The van der Waals surface area contributed by atoms with Gasteiger partial charge in [-0.25, -0.2) is 13.2 Å². The maximum Gasteiger partial charge on any atom is 0.149 e. The fourth-order valence-electron chi connectivity index (χ4n) is 1.48. The third kappa shape index (κ3) is 3.04. The maximum absolute atomic E-state index is 13.3. The molecule has 18 heavy (non-hydrogen) atoms. The van der Waals surface area contributed by atoms with E-state index in [0.717, 1.165) is 12.1 Å². The molecule has 0 unspecified atom stereocenters. The summed E-state index contributed by atoms with van der Waals surface area (Å²) in [6.07, 6.45) is 0. The molecule has 1 nitrogen and oxygen atoms in total. The van der Waals surface area contributed by atoms with Crippen molar-refractivity contribution in [2.45, 2.75) is 6.54 Å². The lowest BCUT2D eigenvalue weighted by Gasteiger charge is -2.08. The molecule has 0 radical (unpaired) electrons. The number of benzene rings is 2. The Hall–Kier alpha value is -1.49. The van der Waals surface area contributed by atoms with Crippen LogP contribution in [-0.2, 0) is 6.54 Å². The van der Waals surface area contributed by atoms with Gasteiger partial charge < -0.3 is 5.32 Å². The van der Waals surface area contributed by atoms with Crippen LogP contribution in [0, 0.1) is 17.5 Å². The summed E-state index contributed by atoms with van der Waals surface area (Å²) in [7, 11) is 0. The number of hydrogen-bond donors (Lipinski definition) is 1. The quantitative estimate of drug-likeness (QED) is 0.880. The summed E-state index contributed by atoms with van der Waals surface area (Å²) in [5.41, 5.74) is 0.846. The molecular weight excluding hydrogens is 307 g/mol. The van der Waals surface area contributed by atoms with E-state index >= 15 is 0 Å². The van der Waals surface area contributed by atoms with Crippen LogP contribution in [0.4, 0.5) is 18.9 Å². The Bertz CT molecular complexity index is 572. The van der Waals surface area contributed by atoms with E-state index in [-0.39, 0.29) is 18.0 Å². The predicted molar refractivity (Wildman–Crippen MR) is 67.8 cm³/mol. The highest BCUT2D eigenvalue weighted by atomic mass is 79.9. The van der Waals surface area contributed by atoms with Gasteiger partial charge in [0.05, 0.1) is 10.2 Å². The molecule has 0 fully saturated rings. The van der Waals surface area contributed by atoms with Crippen molar-refractivity contribution in [3.63, 3.8) is 0 Å². The van der Waals surface area contributed by atoms with Crippen LogP contribution in [-0.4, -0.2) is 0 Å². The summed E-state index contributed by atoms with van der Waals surface area (Å²) in [5.74, 6) is -1.69. The molecule has 2 rings (SSSR count). The minimum Gasteiger partial charge on any atom is -0.379 e. The molecule has 0 saturated heterocycles. The Kier molecular flexibility index (Phi) is 3.91. The number of hydrogen-bond acceptors (Lipinski definition) is 1. The molecule has 0 bridgehead atoms. The van der Waals surface area contributed by atoms with E-state index in [1.807, 2.05) is 0 Å². The Morgan fingerprint density at radius 1 is 0.944 bits per heavy atom. The van der Waals surface area contributed by atoms with Crippen molar-refractivity contribution >= 4 is 21.6 Å². The van der Waals surface area contributed by atoms with E-state index in [1.165, 1.54) is 12.1 Å². The molecule has 1 N–H and O–H groups in total. The van der Waals surface area contributed by atoms with E-state index < -0.39 is 11.6 Å². The van der Waals surface area contributed by atoms with E-state index in [0.29, 0.717) is 10.0 Å².